The standard InChI is InChI=1S/C20H28N2O3/c1-3-12-25-20(23)22-13-17(14-4-6-16(24-2)7-5-14)19-18(22)15-8-10-21(19)11-9-15/h4-7,15,17-19H,3,8-13H2,1-2H3/t17-,18+,19+/m0/s1. The first kappa shape index (κ1) is 16.7. The second kappa shape index (κ2) is 6.87. The van der Waals surface area contributed by atoms with Gasteiger partial charge in [-0.15, -0.1) is 0 Å². The van der Waals surface area contributed by atoms with Gasteiger partial charge in [-0.25, -0.2) is 4.79 Å². The van der Waals surface area contributed by atoms with Gasteiger partial charge in [0.05, 0.1) is 19.8 Å². The Morgan fingerprint density at radius 2 is 1.88 bits per heavy atom. The maximum atomic E-state index is 12.7. The summed E-state index contributed by atoms with van der Waals surface area (Å²) in [6.07, 6.45) is 3.15. The van der Waals surface area contributed by atoms with E-state index < -0.39 is 0 Å². The van der Waals surface area contributed by atoms with Gasteiger partial charge in [-0.1, -0.05) is 19.1 Å². The Hall–Kier alpha value is -1.75. The zero-order valence-corrected chi connectivity index (χ0v) is 15.2. The topological polar surface area (TPSA) is 42.0 Å². The van der Waals surface area contributed by atoms with Gasteiger partial charge in [0, 0.05) is 18.5 Å². The monoisotopic (exact) mass is 344 g/mol. The van der Waals surface area contributed by atoms with E-state index in [2.05, 4.69) is 17.0 Å². The Labute approximate surface area is 149 Å². The molecule has 1 aromatic carbocycles. The summed E-state index contributed by atoms with van der Waals surface area (Å²) >= 11 is 0. The van der Waals surface area contributed by atoms with Crippen LogP contribution in [0.25, 0.3) is 0 Å². The number of hydrogen-bond acceptors (Lipinski definition) is 4. The van der Waals surface area contributed by atoms with Crippen molar-refractivity contribution in [1.29, 1.82) is 0 Å². The smallest absolute Gasteiger partial charge is 0.410 e. The average molecular weight is 344 g/mol. The molecule has 5 rings (SSSR count). The molecule has 4 saturated heterocycles. The number of fused-ring (bicyclic) bond motifs is 2. The molecule has 4 fully saturated rings. The average Bonchev–Trinajstić information content (AvgIpc) is 3.10. The van der Waals surface area contributed by atoms with Crippen molar-refractivity contribution in [3.63, 3.8) is 0 Å². The van der Waals surface area contributed by atoms with E-state index in [9.17, 15) is 4.79 Å². The summed E-state index contributed by atoms with van der Waals surface area (Å²) in [6.45, 7) is 5.63. The molecule has 0 unspecified atom stereocenters. The molecule has 5 nitrogen and oxygen atoms in total. The number of carbonyl (C=O) groups excluding carboxylic acids is 1. The number of nitrogens with zero attached hydrogens (tertiary/aromatic N) is 2. The van der Waals surface area contributed by atoms with Crippen LogP contribution in [0.1, 0.15) is 37.7 Å². The van der Waals surface area contributed by atoms with Crippen molar-refractivity contribution in [2.45, 2.75) is 44.2 Å². The molecule has 4 aliphatic heterocycles. The Morgan fingerprint density at radius 3 is 2.52 bits per heavy atom. The number of benzene rings is 1. The summed E-state index contributed by atoms with van der Waals surface area (Å²) in [5, 5.41) is 0. The highest BCUT2D eigenvalue weighted by Crippen LogP contribution is 2.46. The van der Waals surface area contributed by atoms with Crippen LogP contribution in [0.3, 0.4) is 0 Å². The molecule has 25 heavy (non-hydrogen) atoms. The van der Waals surface area contributed by atoms with E-state index >= 15 is 0 Å². The highest BCUT2D eigenvalue weighted by atomic mass is 16.6. The first-order valence-electron chi connectivity index (χ1n) is 9.54. The lowest BCUT2D eigenvalue weighted by atomic mass is 9.75. The maximum absolute atomic E-state index is 12.7. The van der Waals surface area contributed by atoms with Crippen LogP contribution >= 0.6 is 0 Å². The molecule has 1 aromatic rings. The SMILES string of the molecule is CCCOC(=O)N1C[C@@H](c2ccc(OC)cc2)[C@@H]2[C@H]1C1CCN2CC1. The third-order valence-electron chi connectivity index (χ3n) is 6.20. The number of piperidine rings is 3. The summed E-state index contributed by atoms with van der Waals surface area (Å²) in [6, 6.07) is 9.10. The van der Waals surface area contributed by atoms with Crippen molar-refractivity contribution in [3.05, 3.63) is 29.8 Å². The van der Waals surface area contributed by atoms with Crippen LogP contribution in [0.5, 0.6) is 5.75 Å². The van der Waals surface area contributed by atoms with Gasteiger partial charge in [-0.3, -0.25) is 4.90 Å². The molecule has 4 heterocycles. The zero-order valence-electron chi connectivity index (χ0n) is 15.2. The normalized spacial score (nSPS) is 33.2. The van der Waals surface area contributed by atoms with Gasteiger partial charge in [-0.05, 0) is 56.0 Å². The Morgan fingerprint density at radius 1 is 1.16 bits per heavy atom. The molecule has 0 aliphatic carbocycles. The molecule has 2 bridgehead atoms. The lowest BCUT2D eigenvalue weighted by Gasteiger charge is -2.50. The Kier molecular flexibility index (Phi) is 4.59. The molecule has 136 valence electrons. The summed E-state index contributed by atoms with van der Waals surface area (Å²) in [7, 11) is 1.69. The molecule has 0 saturated carbocycles. The van der Waals surface area contributed by atoms with Gasteiger partial charge >= 0.3 is 6.09 Å². The molecule has 0 N–H and O–H groups in total. The van der Waals surface area contributed by atoms with Crippen LogP contribution in [-0.4, -0.2) is 61.3 Å². The molecular formula is C20H28N2O3. The van der Waals surface area contributed by atoms with E-state index in [4.69, 9.17) is 9.47 Å². The largest absolute Gasteiger partial charge is 0.497 e. The molecule has 0 spiro atoms. The van der Waals surface area contributed by atoms with Gasteiger partial charge in [0.25, 0.3) is 0 Å². The quantitative estimate of drug-likeness (QED) is 0.842. The van der Waals surface area contributed by atoms with Crippen LogP contribution in [0.4, 0.5) is 4.79 Å². The molecule has 1 amide bonds. The van der Waals surface area contributed by atoms with Gasteiger partial charge in [-0.2, -0.15) is 0 Å². The van der Waals surface area contributed by atoms with Crippen molar-refractivity contribution in [2.24, 2.45) is 5.92 Å². The highest BCUT2D eigenvalue weighted by Gasteiger charge is 2.55. The predicted octanol–water partition coefficient (Wildman–Crippen LogP) is 3.10. The minimum absolute atomic E-state index is 0.124. The van der Waals surface area contributed by atoms with Crippen LogP contribution in [-0.2, 0) is 4.74 Å². The fourth-order valence-corrected chi connectivity index (χ4v) is 5.05. The van der Waals surface area contributed by atoms with Crippen LogP contribution in [0.15, 0.2) is 24.3 Å². The number of amides is 1. The highest BCUT2D eigenvalue weighted by molar-refractivity contribution is 5.69. The summed E-state index contributed by atoms with van der Waals surface area (Å²) in [5.74, 6) is 1.85. The Bertz CT molecular complexity index is 610. The molecule has 4 aliphatic rings. The first-order valence-corrected chi connectivity index (χ1v) is 9.54. The molecule has 0 radical (unpaired) electrons. The van der Waals surface area contributed by atoms with Crippen LogP contribution < -0.4 is 4.74 Å². The van der Waals surface area contributed by atoms with E-state index in [-0.39, 0.29) is 6.09 Å². The Balaban J connectivity index is 1.62. The van der Waals surface area contributed by atoms with Crippen LogP contribution in [0.2, 0.25) is 0 Å². The molecule has 0 aromatic heterocycles. The number of hydrogen-bond donors (Lipinski definition) is 0. The van der Waals surface area contributed by atoms with Crippen LogP contribution in [0, 0.1) is 5.92 Å². The van der Waals surface area contributed by atoms with Crippen molar-refractivity contribution in [1.82, 2.24) is 9.80 Å². The fourth-order valence-electron chi connectivity index (χ4n) is 5.05. The molecule has 5 heteroatoms. The lowest BCUT2D eigenvalue weighted by Crippen LogP contribution is -2.60. The lowest BCUT2D eigenvalue weighted by molar-refractivity contribution is -0.00742. The number of rotatable bonds is 4. The zero-order chi connectivity index (χ0) is 17.4. The number of ether oxygens (including phenoxy) is 2. The van der Waals surface area contributed by atoms with Gasteiger partial charge in [0.1, 0.15) is 5.75 Å². The number of methoxy groups -OCH3 is 1. The van der Waals surface area contributed by atoms with Crippen molar-refractivity contribution in [2.75, 3.05) is 33.4 Å². The third kappa shape index (κ3) is 2.88. The van der Waals surface area contributed by atoms with Gasteiger partial charge < -0.3 is 14.4 Å². The number of likely N-dealkylation sites (tertiary alicyclic amines) is 1. The third-order valence-corrected chi connectivity index (χ3v) is 6.20. The van der Waals surface area contributed by atoms with Gasteiger partial charge in [0.15, 0.2) is 0 Å². The van der Waals surface area contributed by atoms with Crippen molar-refractivity contribution >= 4 is 6.09 Å². The van der Waals surface area contributed by atoms with E-state index in [0.717, 1.165) is 31.8 Å². The second-order valence-electron chi connectivity index (χ2n) is 7.50. The molecular weight excluding hydrogens is 316 g/mol. The van der Waals surface area contributed by atoms with Gasteiger partial charge in [0.2, 0.25) is 0 Å². The van der Waals surface area contributed by atoms with E-state index in [0.29, 0.717) is 30.5 Å². The summed E-state index contributed by atoms with van der Waals surface area (Å²) in [4.78, 5) is 17.3. The summed E-state index contributed by atoms with van der Waals surface area (Å²) in [5.41, 5.74) is 1.30. The van der Waals surface area contributed by atoms with E-state index in [1.165, 1.54) is 18.4 Å². The van der Waals surface area contributed by atoms with E-state index in [1.54, 1.807) is 7.11 Å². The second-order valence-corrected chi connectivity index (χ2v) is 7.50. The minimum atomic E-state index is -0.124. The fraction of sp³-hybridized carbons (Fsp3) is 0.650. The summed E-state index contributed by atoms with van der Waals surface area (Å²) < 4.78 is 10.8. The molecule has 3 atom stereocenters. The number of carbonyl (C=O) groups is 1. The van der Waals surface area contributed by atoms with Crippen molar-refractivity contribution < 1.29 is 14.3 Å². The van der Waals surface area contributed by atoms with E-state index in [1.807, 2.05) is 24.0 Å². The predicted molar refractivity (Wildman–Crippen MR) is 96.0 cm³/mol. The van der Waals surface area contributed by atoms with Crippen molar-refractivity contribution in [3.8, 4) is 5.75 Å². The maximum Gasteiger partial charge on any atom is 0.410 e. The first-order chi connectivity index (χ1) is 12.2. The minimum Gasteiger partial charge on any atom is -0.497 e.